The number of hydrogen-bond acceptors (Lipinski definition) is 13. The molecule has 1 aromatic heterocycles. The number of methoxy groups -OCH3 is 2. The number of rotatable bonds is 13. The van der Waals surface area contributed by atoms with E-state index in [2.05, 4.69) is 32.2 Å². The summed E-state index contributed by atoms with van der Waals surface area (Å²) in [4.78, 5) is 61.4. The maximum Gasteiger partial charge on any atom is 1.00 e. The molecule has 0 atom stereocenters. The van der Waals surface area contributed by atoms with Crippen molar-refractivity contribution in [3.8, 4) is 0 Å². The minimum absolute atomic E-state index is 0. The standard InChI is InChI=1S/C15H16INO4.C14H15FINO3.C3H9NO.CH2O3.2K.H/c1-3-21-15(19)12-9-17(6-7-20-2)13-5-4-10(16)8-11(13)14(12)18;1-4-20-14(19)11(8-17(2)3)13(18)10-7-9(16)5-6-12(10)15;1-5-3-2-4;2-1-4-3;;;/h4-5,8-9H,3,6-7H2,1-2H3;5-8H,4H2,1-3H3;2-4H2,1H3;1,3H;;;/q;;;;2*+1;-1/p-1/b;11-8-;;;;;. The van der Waals surface area contributed by atoms with Crippen molar-refractivity contribution >= 4 is 80.3 Å². The van der Waals surface area contributed by atoms with E-state index in [4.69, 9.17) is 30.0 Å². The number of nitrogens with zero attached hydrogens (tertiary/aromatic N) is 2. The summed E-state index contributed by atoms with van der Waals surface area (Å²) < 4.78 is 36.7. The molecule has 0 saturated carbocycles. The van der Waals surface area contributed by atoms with Crippen LogP contribution in [0.15, 0.2) is 59.2 Å². The van der Waals surface area contributed by atoms with Crippen molar-refractivity contribution in [1.82, 2.24) is 9.47 Å². The number of esters is 2. The Morgan fingerprint density at radius 2 is 1.52 bits per heavy atom. The first-order valence-corrected chi connectivity index (χ1v) is 16.9. The van der Waals surface area contributed by atoms with E-state index in [9.17, 15) is 23.6 Å². The molecule has 1 heterocycles. The molecule has 3 rings (SSSR count). The molecule has 2 N–H and O–H groups in total. The van der Waals surface area contributed by atoms with E-state index in [1.54, 1.807) is 60.5 Å². The average Bonchev–Trinajstić information content (AvgIpc) is 3.09. The van der Waals surface area contributed by atoms with Gasteiger partial charge in [0.15, 0.2) is 0 Å². The van der Waals surface area contributed by atoms with Crippen LogP contribution >= 0.6 is 45.2 Å². The summed E-state index contributed by atoms with van der Waals surface area (Å²) in [6, 6.07) is 9.74. The molecule has 0 amide bonds. The number of aromatic nitrogens is 1. The van der Waals surface area contributed by atoms with Crippen molar-refractivity contribution in [2.24, 2.45) is 5.73 Å². The Labute approximate surface area is 416 Å². The molecule has 0 aliphatic heterocycles. The molecule has 0 fully saturated rings. The van der Waals surface area contributed by atoms with Crippen LogP contribution in [0.25, 0.3) is 10.9 Å². The maximum absolute atomic E-state index is 13.7. The van der Waals surface area contributed by atoms with Crippen LogP contribution in [-0.2, 0) is 40.0 Å². The van der Waals surface area contributed by atoms with Crippen LogP contribution < -0.4 is 119 Å². The summed E-state index contributed by atoms with van der Waals surface area (Å²) in [6.45, 7) is 5.89. The van der Waals surface area contributed by atoms with Gasteiger partial charge in [0.1, 0.15) is 17.0 Å². The molecular formula is C33H42FI2K2N3O11. The minimum atomic E-state index is -0.760. The minimum Gasteiger partial charge on any atom is -1.00 e. The van der Waals surface area contributed by atoms with Gasteiger partial charge in [-0.15, -0.1) is 0 Å². The second-order valence-corrected chi connectivity index (χ2v) is 12.1. The van der Waals surface area contributed by atoms with E-state index < -0.39 is 23.5 Å². The zero-order chi connectivity index (χ0) is 38.2. The SMILES string of the molecule is CCOC(=O)/C(=C\N(C)C)C(=O)c1cc(I)ccc1F.CCOC(=O)c1cn(CCOC)c2ccc(I)cc2c1=O.COCCN.O=CO[O-].[H-].[K+].[K+]. The van der Waals surface area contributed by atoms with E-state index in [1.165, 1.54) is 23.2 Å². The van der Waals surface area contributed by atoms with Crippen molar-refractivity contribution in [3.63, 3.8) is 0 Å². The fourth-order valence-corrected chi connectivity index (χ4v) is 4.69. The van der Waals surface area contributed by atoms with Gasteiger partial charge in [0.25, 0.3) is 6.47 Å². The predicted octanol–water partition coefficient (Wildman–Crippen LogP) is -2.80. The summed E-state index contributed by atoms with van der Waals surface area (Å²) in [5.41, 5.74) is 5.22. The van der Waals surface area contributed by atoms with Crippen LogP contribution in [0.3, 0.4) is 0 Å². The summed E-state index contributed by atoms with van der Waals surface area (Å²) in [6.07, 6.45) is 2.88. The van der Waals surface area contributed by atoms with Gasteiger partial charge in [0.2, 0.25) is 11.2 Å². The topological polar surface area (TPSA) is 189 Å². The van der Waals surface area contributed by atoms with E-state index in [1.807, 2.05) is 39.3 Å². The van der Waals surface area contributed by atoms with Crippen LogP contribution in [0.2, 0.25) is 0 Å². The van der Waals surface area contributed by atoms with Gasteiger partial charge in [-0.25, -0.2) is 14.0 Å². The molecule has 14 nitrogen and oxygen atoms in total. The Hall–Kier alpha value is -0.227. The molecule has 278 valence electrons. The molecule has 2 aromatic carbocycles. The number of pyridine rings is 1. The first-order valence-electron chi connectivity index (χ1n) is 14.7. The van der Waals surface area contributed by atoms with Crippen molar-refractivity contribution in [3.05, 3.63) is 88.7 Å². The average molecular weight is 1010 g/mol. The van der Waals surface area contributed by atoms with Gasteiger partial charge in [-0.05, 0) is 95.4 Å². The fraction of sp³-hybridized carbons (Fsp3) is 0.364. The number of ether oxygens (including phenoxy) is 4. The number of carbonyl (C=O) groups is 4. The molecule has 3 aromatic rings. The van der Waals surface area contributed by atoms with Crippen LogP contribution in [0, 0.1) is 13.0 Å². The Kier molecular flexibility index (Phi) is 35.6. The van der Waals surface area contributed by atoms with Gasteiger partial charge in [0, 0.05) is 66.3 Å². The van der Waals surface area contributed by atoms with Gasteiger partial charge in [0.05, 0.1) is 37.5 Å². The molecule has 0 aliphatic rings. The molecule has 0 aliphatic carbocycles. The molecule has 0 unspecified atom stereocenters. The van der Waals surface area contributed by atoms with Crippen LogP contribution in [0.5, 0.6) is 0 Å². The van der Waals surface area contributed by atoms with Gasteiger partial charge < -0.3 is 45.7 Å². The molecule has 0 radical (unpaired) electrons. The second kappa shape index (κ2) is 33.0. The number of fused-ring (bicyclic) bond motifs is 1. The number of halogens is 3. The normalized spacial score (nSPS) is 9.87. The van der Waals surface area contributed by atoms with E-state index >= 15 is 0 Å². The van der Waals surface area contributed by atoms with Crippen molar-refractivity contribution in [1.29, 1.82) is 0 Å². The second-order valence-electron chi connectivity index (χ2n) is 9.59. The van der Waals surface area contributed by atoms with E-state index in [0.29, 0.717) is 35.3 Å². The summed E-state index contributed by atoms with van der Waals surface area (Å²) >= 11 is 4.12. The molecule has 19 heteroatoms. The predicted molar refractivity (Wildman–Crippen MR) is 200 cm³/mol. The molecule has 0 saturated heterocycles. The fourth-order valence-electron chi connectivity index (χ4n) is 3.70. The molecule has 0 spiro atoms. The largest absolute Gasteiger partial charge is 1.00 e. The van der Waals surface area contributed by atoms with Crippen molar-refractivity contribution in [2.75, 3.05) is 61.3 Å². The number of carbonyl (C=O) groups excluding carboxylic acids is 4. The van der Waals surface area contributed by atoms with E-state index in [0.717, 1.165) is 9.09 Å². The Balaban J connectivity index is -0.000000352. The molecule has 52 heavy (non-hydrogen) atoms. The van der Waals surface area contributed by atoms with Crippen LogP contribution in [0.1, 0.15) is 36.0 Å². The summed E-state index contributed by atoms with van der Waals surface area (Å²) in [5.74, 6) is -2.70. The zero-order valence-corrected chi connectivity index (χ0v) is 41.1. The van der Waals surface area contributed by atoms with E-state index in [-0.39, 0.29) is 146 Å². The van der Waals surface area contributed by atoms with Gasteiger partial charge >= 0.3 is 115 Å². The smallest absolute Gasteiger partial charge is 1.00 e. The Bertz CT molecular complexity index is 1650. The van der Waals surface area contributed by atoms with Crippen LogP contribution in [-0.4, -0.2) is 94.9 Å². The van der Waals surface area contributed by atoms with Crippen molar-refractivity contribution < 1.29 is 157 Å². The van der Waals surface area contributed by atoms with Gasteiger partial charge in [-0.1, -0.05) is 0 Å². The number of ketones is 1. The number of Topliss-reactive ketones (excluding diaryl/α,β-unsaturated/α-hetero) is 1. The third-order valence-corrected chi connectivity index (χ3v) is 7.08. The third-order valence-electron chi connectivity index (χ3n) is 5.74. The molecule has 0 bridgehead atoms. The van der Waals surface area contributed by atoms with Crippen molar-refractivity contribution in [2.45, 2.75) is 20.4 Å². The number of benzene rings is 2. The first kappa shape index (κ1) is 56.1. The zero-order valence-electron chi connectivity index (χ0n) is 31.5. The monoisotopic (exact) mass is 1010 g/mol. The number of hydrogen-bond donors (Lipinski definition) is 1. The summed E-state index contributed by atoms with van der Waals surface area (Å²) in [7, 11) is 6.57. The first-order chi connectivity index (χ1) is 23.8. The van der Waals surface area contributed by atoms with Gasteiger partial charge in [-0.2, -0.15) is 0 Å². The quantitative estimate of drug-likeness (QED) is 0.0177. The van der Waals surface area contributed by atoms with Crippen LogP contribution in [0.4, 0.5) is 4.39 Å². The molecular weight excluding hydrogens is 965 g/mol. The van der Waals surface area contributed by atoms with Gasteiger partial charge in [-0.3, -0.25) is 14.4 Å². The Morgan fingerprint density at radius 3 is 2.00 bits per heavy atom. The maximum atomic E-state index is 13.7. The number of nitrogens with two attached hydrogens (primary N) is 1. The summed E-state index contributed by atoms with van der Waals surface area (Å²) in [5, 5.41) is 8.95. The Morgan fingerprint density at radius 1 is 0.962 bits per heavy atom. The third kappa shape index (κ3) is 21.2.